The second-order valence-corrected chi connectivity index (χ2v) is 6.79. The molecule has 26 heavy (non-hydrogen) atoms. The molecule has 138 valence electrons. The number of carbonyl (C=O) groups is 1. The Kier molecular flexibility index (Phi) is 6.10. The van der Waals surface area contributed by atoms with Crippen molar-refractivity contribution in [3.8, 4) is 0 Å². The standard InChI is InChI=1S/C21H27N3O2/c1-3-16(2)23-20-18(11-7-13-22-20)19-12-8-14-24(19)21(25)26-15-17-9-5-4-6-10-17/h4-7,9-11,13,16,19H,3,8,12,14-15H2,1-2H3,(H,22,23)/t16-,19-/m0/s1. The normalized spacial score (nSPS) is 17.8. The molecule has 1 aliphatic rings. The van der Waals surface area contributed by atoms with Gasteiger partial charge < -0.3 is 15.0 Å². The van der Waals surface area contributed by atoms with E-state index in [4.69, 9.17) is 4.74 Å². The quantitative estimate of drug-likeness (QED) is 0.813. The molecule has 0 unspecified atom stereocenters. The average Bonchev–Trinajstić information content (AvgIpc) is 3.17. The zero-order valence-corrected chi connectivity index (χ0v) is 15.5. The predicted molar refractivity (Wildman–Crippen MR) is 103 cm³/mol. The van der Waals surface area contributed by atoms with Crippen molar-refractivity contribution in [3.63, 3.8) is 0 Å². The summed E-state index contributed by atoms with van der Waals surface area (Å²) < 4.78 is 5.55. The molecule has 3 rings (SSSR count). The highest BCUT2D eigenvalue weighted by molar-refractivity contribution is 5.69. The number of nitrogens with zero attached hydrogens (tertiary/aromatic N) is 2. The molecule has 0 saturated carbocycles. The molecule has 0 spiro atoms. The fourth-order valence-electron chi connectivity index (χ4n) is 3.25. The summed E-state index contributed by atoms with van der Waals surface area (Å²) in [6.07, 6.45) is 4.46. The first-order valence-electron chi connectivity index (χ1n) is 9.37. The zero-order valence-electron chi connectivity index (χ0n) is 15.5. The van der Waals surface area contributed by atoms with Gasteiger partial charge in [-0.25, -0.2) is 9.78 Å². The first-order chi connectivity index (χ1) is 12.7. The van der Waals surface area contributed by atoms with E-state index in [9.17, 15) is 4.79 Å². The van der Waals surface area contributed by atoms with Gasteiger partial charge in [0.15, 0.2) is 0 Å². The summed E-state index contributed by atoms with van der Waals surface area (Å²) in [5, 5.41) is 3.46. The van der Waals surface area contributed by atoms with E-state index in [0.29, 0.717) is 12.6 Å². The van der Waals surface area contributed by atoms with Crippen molar-refractivity contribution in [1.82, 2.24) is 9.88 Å². The Morgan fingerprint density at radius 3 is 2.88 bits per heavy atom. The lowest BCUT2D eigenvalue weighted by molar-refractivity contribution is 0.0921. The van der Waals surface area contributed by atoms with Crippen LogP contribution in [0.5, 0.6) is 0 Å². The number of pyridine rings is 1. The summed E-state index contributed by atoms with van der Waals surface area (Å²) >= 11 is 0. The van der Waals surface area contributed by atoms with Crippen molar-refractivity contribution < 1.29 is 9.53 Å². The van der Waals surface area contributed by atoms with Gasteiger partial charge in [-0.3, -0.25) is 0 Å². The number of benzene rings is 1. The number of nitrogens with one attached hydrogen (secondary N) is 1. The predicted octanol–water partition coefficient (Wildman–Crippen LogP) is 4.77. The minimum Gasteiger partial charge on any atom is -0.445 e. The van der Waals surface area contributed by atoms with Gasteiger partial charge in [0.1, 0.15) is 12.4 Å². The van der Waals surface area contributed by atoms with Gasteiger partial charge in [-0.1, -0.05) is 43.3 Å². The van der Waals surface area contributed by atoms with E-state index in [1.54, 1.807) is 6.20 Å². The Bertz CT molecular complexity index is 720. The van der Waals surface area contributed by atoms with Crippen LogP contribution in [-0.4, -0.2) is 28.6 Å². The van der Waals surface area contributed by atoms with E-state index < -0.39 is 0 Å². The Balaban J connectivity index is 1.71. The summed E-state index contributed by atoms with van der Waals surface area (Å²) in [5.41, 5.74) is 2.07. The van der Waals surface area contributed by atoms with Crippen molar-refractivity contribution >= 4 is 11.9 Å². The van der Waals surface area contributed by atoms with Crippen LogP contribution in [0.2, 0.25) is 0 Å². The van der Waals surface area contributed by atoms with Gasteiger partial charge in [0.05, 0.1) is 6.04 Å². The Labute approximate surface area is 155 Å². The zero-order chi connectivity index (χ0) is 18.4. The molecule has 2 aromatic rings. The van der Waals surface area contributed by atoms with E-state index >= 15 is 0 Å². The maximum absolute atomic E-state index is 12.7. The molecule has 2 heterocycles. The van der Waals surface area contributed by atoms with Crippen LogP contribution in [0, 0.1) is 0 Å². The Morgan fingerprint density at radius 1 is 1.31 bits per heavy atom. The fraction of sp³-hybridized carbons (Fsp3) is 0.429. The molecule has 1 fully saturated rings. The number of aromatic nitrogens is 1. The van der Waals surface area contributed by atoms with Crippen LogP contribution in [0.25, 0.3) is 0 Å². The smallest absolute Gasteiger partial charge is 0.410 e. The van der Waals surface area contributed by atoms with Crippen LogP contribution in [0.4, 0.5) is 10.6 Å². The van der Waals surface area contributed by atoms with Crippen molar-refractivity contribution in [2.24, 2.45) is 0 Å². The van der Waals surface area contributed by atoms with E-state index in [-0.39, 0.29) is 12.1 Å². The summed E-state index contributed by atoms with van der Waals surface area (Å²) in [4.78, 5) is 19.0. The summed E-state index contributed by atoms with van der Waals surface area (Å²) in [6.45, 7) is 5.30. The molecule has 1 amide bonds. The van der Waals surface area contributed by atoms with Crippen molar-refractivity contribution in [2.75, 3.05) is 11.9 Å². The number of rotatable bonds is 6. The van der Waals surface area contributed by atoms with Crippen LogP contribution in [0.15, 0.2) is 48.7 Å². The maximum Gasteiger partial charge on any atom is 0.410 e. The van der Waals surface area contributed by atoms with Crippen molar-refractivity contribution in [1.29, 1.82) is 0 Å². The monoisotopic (exact) mass is 353 g/mol. The number of hydrogen-bond acceptors (Lipinski definition) is 4. The highest BCUT2D eigenvalue weighted by Gasteiger charge is 2.33. The third-order valence-electron chi connectivity index (χ3n) is 4.89. The maximum atomic E-state index is 12.7. The lowest BCUT2D eigenvalue weighted by Gasteiger charge is -2.26. The van der Waals surface area contributed by atoms with Gasteiger partial charge in [0.25, 0.3) is 0 Å². The van der Waals surface area contributed by atoms with Gasteiger partial charge in [0, 0.05) is 24.3 Å². The molecular weight excluding hydrogens is 326 g/mol. The molecule has 0 radical (unpaired) electrons. The minimum atomic E-state index is -0.255. The summed E-state index contributed by atoms with van der Waals surface area (Å²) in [5.74, 6) is 0.870. The van der Waals surface area contributed by atoms with E-state index in [1.807, 2.05) is 41.3 Å². The van der Waals surface area contributed by atoms with Crippen LogP contribution in [-0.2, 0) is 11.3 Å². The molecule has 0 bridgehead atoms. The Hall–Kier alpha value is -2.56. The van der Waals surface area contributed by atoms with Crippen LogP contribution in [0.1, 0.15) is 50.3 Å². The molecular formula is C21H27N3O2. The van der Waals surface area contributed by atoms with Crippen molar-refractivity contribution in [3.05, 3.63) is 59.8 Å². The van der Waals surface area contributed by atoms with Crippen molar-refractivity contribution in [2.45, 2.75) is 51.8 Å². The SMILES string of the molecule is CC[C@H](C)Nc1ncccc1[C@@H]1CCCN1C(=O)OCc1ccccc1. The molecule has 1 N–H and O–H groups in total. The number of likely N-dealkylation sites (tertiary alicyclic amines) is 1. The topological polar surface area (TPSA) is 54.5 Å². The first kappa shape index (κ1) is 18.2. The molecule has 1 aromatic heterocycles. The number of anilines is 1. The summed E-state index contributed by atoms with van der Waals surface area (Å²) in [7, 11) is 0. The van der Waals surface area contributed by atoms with Gasteiger partial charge in [-0.2, -0.15) is 0 Å². The molecule has 1 saturated heterocycles. The lowest BCUT2D eigenvalue weighted by Crippen LogP contribution is -2.31. The largest absolute Gasteiger partial charge is 0.445 e. The third kappa shape index (κ3) is 4.34. The second kappa shape index (κ2) is 8.70. The second-order valence-electron chi connectivity index (χ2n) is 6.79. The van der Waals surface area contributed by atoms with E-state index in [1.165, 1.54) is 0 Å². The first-order valence-corrected chi connectivity index (χ1v) is 9.37. The van der Waals surface area contributed by atoms with Crippen LogP contribution in [0.3, 0.4) is 0 Å². The van der Waals surface area contributed by atoms with Crippen LogP contribution < -0.4 is 5.32 Å². The van der Waals surface area contributed by atoms with Gasteiger partial charge in [-0.15, -0.1) is 0 Å². The third-order valence-corrected chi connectivity index (χ3v) is 4.89. The molecule has 0 aliphatic carbocycles. The molecule has 2 atom stereocenters. The van der Waals surface area contributed by atoms with E-state index in [0.717, 1.165) is 42.8 Å². The molecule has 5 heteroatoms. The average molecular weight is 353 g/mol. The van der Waals surface area contributed by atoms with E-state index in [2.05, 4.69) is 30.2 Å². The van der Waals surface area contributed by atoms with Gasteiger partial charge >= 0.3 is 6.09 Å². The number of hydrogen-bond donors (Lipinski definition) is 1. The Morgan fingerprint density at radius 2 is 2.12 bits per heavy atom. The number of amides is 1. The minimum absolute atomic E-state index is 0.0125. The van der Waals surface area contributed by atoms with Crippen LogP contribution >= 0.6 is 0 Å². The van der Waals surface area contributed by atoms with Gasteiger partial charge in [-0.05, 0) is 37.8 Å². The highest BCUT2D eigenvalue weighted by Crippen LogP contribution is 2.35. The highest BCUT2D eigenvalue weighted by atomic mass is 16.6. The molecule has 1 aliphatic heterocycles. The lowest BCUT2D eigenvalue weighted by atomic mass is 10.1. The fourth-order valence-corrected chi connectivity index (χ4v) is 3.25. The van der Waals surface area contributed by atoms with Gasteiger partial charge in [0.2, 0.25) is 0 Å². The summed E-state index contributed by atoms with van der Waals surface area (Å²) in [6, 6.07) is 14.1. The number of carbonyl (C=O) groups excluding carboxylic acids is 1. The molecule has 1 aromatic carbocycles. The molecule has 5 nitrogen and oxygen atoms in total. The number of ether oxygens (including phenoxy) is 1.